The van der Waals surface area contributed by atoms with Crippen LogP contribution in [-0.4, -0.2) is 10.8 Å². The summed E-state index contributed by atoms with van der Waals surface area (Å²) in [4.78, 5) is 17.7. The summed E-state index contributed by atoms with van der Waals surface area (Å²) in [5.41, 5.74) is 6.99. The zero-order valence-corrected chi connectivity index (χ0v) is 20.2. The zero-order chi connectivity index (χ0) is 22.6. The lowest BCUT2D eigenvalue weighted by Crippen LogP contribution is -2.15. The van der Waals surface area contributed by atoms with Crippen LogP contribution in [0.1, 0.15) is 106 Å². The largest absolute Gasteiger partial charge is 0.300 e. The van der Waals surface area contributed by atoms with Crippen LogP contribution in [-0.2, 0) is 23.1 Å². The number of rotatable bonds is 6. The fourth-order valence-corrected chi connectivity index (χ4v) is 5.73. The summed E-state index contributed by atoms with van der Waals surface area (Å²) in [7, 11) is 0. The number of aromatic nitrogens is 1. The lowest BCUT2D eigenvalue weighted by atomic mass is 9.82. The highest BCUT2D eigenvalue weighted by molar-refractivity contribution is 5.79. The van der Waals surface area contributed by atoms with Crippen molar-refractivity contribution in [3.05, 3.63) is 70.6 Å². The number of carbonyl (C=O) groups excluding carboxylic acids is 1. The van der Waals surface area contributed by atoms with Crippen molar-refractivity contribution in [2.75, 3.05) is 0 Å². The number of aryl methyl sites for hydroxylation is 2. The molecular formula is C30H39NO. The van der Waals surface area contributed by atoms with Gasteiger partial charge in [-0.2, -0.15) is 0 Å². The number of Topliss-reactive ketones (excluding diaryl/α,β-unsaturated/α-hetero) is 1. The average Bonchev–Trinajstić information content (AvgIpc) is 3.02. The SMILES string of the molecule is CC(C)(C)c1ccccc1CCC(=O)C[C@@H]1CCCC(c2nccc3c2C=CCC3)CC1. The van der Waals surface area contributed by atoms with E-state index in [2.05, 4.69) is 63.3 Å². The summed E-state index contributed by atoms with van der Waals surface area (Å²) in [6.07, 6.45) is 17.1. The molecule has 0 bridgehead atoms. The van der Waals surface area contributed by atoms with Crippen LogP contribution in [0.4, 0.5) is 0 Å². The predicted octanol–water partition coefficient (Wildman–Crippen LogP) is 7.59. The first-order chi connectivity index (χ1) is 15.4. The molecule has 1 heterocycles. The number of fused-ring (bicyclic) bond motifs is 1. The molecule has 2 atom stereocenters. The first-order valence-corrected chi connectivity index (χ1v) is 12.7. The van der Waals surface area contributed by atoms with Crippen molar-refractivity contribution in [2.45, 2.75) is 96.3 Å². The summed E-state index contributed by atoms with van der Waals surface area (Å²) in [5, 5.41) is 0. The van der Waals surface area contributed by atoms with Crippen molar-refractivity contribution >= 4 is 11.9 Å². The molecule has 2 aromatic rings. The first-order valence-electron chi connectivity index (χ1n) is 12.7. The number of hydrogen-bond donors (Lipinski definition) is 0. The van der Waals surface area contributed by atoms with E-state index in [0.717, 1.165) is 32.1 Å². The van der Waals surface area contributed by atoms with Gasteiger partial charge in [0.2, 0.25) is 0 Å². The highest BCUT2D eigenvalue weighted by atomic mass is 16.1. The van der Waals surface area contributed by atoms with Crippen LogP contribution in [0.5, 0.6) is 0 Å². The molecule has 0 aliphatic heterocycles. The van der Waals surface area contributed by atoms with E-state index < -0.39 is 0 Å². The van der Waals surface area contributed by atoms with E-state index in [4.69, 9.17) is 4.98 Å². The molecular weight excluding hydrogens is 390 g/mol. The highest BCUT2D eigenvalue weighted by Crippen LogP contribution is 2.38. The van der Waals surface area contributed by atoms with E-state index in [9.17, 15) is 4.79 Å². The maximum atomic E-state index is 12.9. The Labute approximate surface area is 194 Å². The molecule has 1 saturated carbocycles. The first kappa shape index (κ1) is 23.0. The van der Waals surface area contributed by atoms with Crippen LogP contribution in [0.2, 0.25) is 0 Å². The Balaban J connectivity index is 1.33. The minimum atomic E-state index is 0.121. The average molecular weight is 430 g/mol. The standard InChI is InChI=1S/C30H39NO/c1-30(2,3)28-14-7-5-11-24(28)17-18-26(32)21-22-9-8-12-25(16-15-22)29-27-13-6-4-10-23(27)19-20-31-29/h5-7,11,13-14,19-20,22,25H,4,8-10,12,15-18,21H2,1-3H3/t22-,25?/m1/s1. The molecule has 32 heavy (non-hydrogen) atoms. The molecule has 1 unspecified atom stereocenters. The molecule has 1 fully saturated rings. The molecule has 0 spiro atoms. The summed E-state index contributed by atoms with van der Waals surface area (Å²) in [6.45, 7) is 6.76. The normalized spacial score (nSPS) is 21.1. The molecule has 0 saturated heterocycles. The molecule has 0 amide bonds. The lowest BCUT2D eigenvalue weighted by Gasteiger charge is -2.23. The lowest BCUT2D eigenvalue weighted by molar-refractivity contribution is -0.120. The second-order valence-corrected chi connectivity index (χ2v) is 10.9. The maximum Gasteiger partial charge on any atom is 0.133 e. The minimum absolute atomic E-state index is 0.121. The number of allylic oxidation sites excluding steroid dienone is 1. The van der Waals surface area contributed by atoms with Crippen molar-refractivity contribution < 1.29 is 4.79 Å². The second-order valence-electron chi connectivity index (χ2n) is 10.9. The van der Waals surface area contributed by atoms with Gasteiger partial charge in [-0.05, 0) is 78.2 Å². The van der Waals surface area contributed by atoms with Gasteiger partial charge in [0.1, 0.15) is 5.78 Å². The van der Waals surface area contributed by atoms with Gasteiger partial charge in [-0.25, -0.2) is 0 Å². The Morgan fingerprint density at radius 1 is 1.06 bits per heavy atom. The number of nitrogens with zero attached hydrogens (tertiary/aromatic N) is 1. The number of ketones is 1. The van der Waals surface area contributed by atoms with Gasteiger partial charge in [0, 0.05) is 25.0 Å². The second kappa shape index (κ2) is 10.1. The Kier molecular flexibility index (Phi) is 7.28. The Hall–Kier alpha value is -2.22. The van der Waals surface area contributed by atoms with Crippen molar-refractivity contribution in [1.29, 1.82) is 0 Å². The van der Waals surface area contributed by atoms with E-state index in [0.29, 0.717) is 24.0 Å². The Bertz CT molecular complexity index is 965. The van der Waals surface area contributed by atoms with E-state index in [1.165, 1.54) is 53.6 Å². The number of hydrogen-bond acceptors (Lipinski definition) is 2. The van der Waals surface area contributed by atoms with Crippen LogP contribution in [0, 0.1) is 5.92 Å². The third-order valence-electron chi connectivity index (χ3n) is 7.47. The third kappa shape index (κ3) is 5.57. The Morgan fingerprint density at radius 3 is 2.75 bits per heavy atom. The van der Waals surface area contributed by atoms with Crippen LogP contribution in [0.25, 0.3) is 6.08 Å². The van der Waals surface area contributed by atoms with Crippen LogP contribution in [0.3, 0.4) is 0 Å². The molecule has 2 aliphatic carbocycles. The predicted molar refractivity (Wildman–Crippen MR) is 134 cm³/mol. The summed E-state index contributed by atoms with van der Waals surface area (Å²) < 4.78 is 0. The number of carbonyl (C=O) groups is 1. The molecule has 170 valence electrons. The molecule has 4 rings (SSSR count). The van der Waals surface area contributed by atoms with Gasteiger partial charge in [0.05, 0.1) is 5.69 Å². The summed E-state index contributed by atoms with van der Waals surface area (Å²) in [5.74, 6) is 1.53. The Morgan fingerprint density at radius 2 is 1.91 bits per heavy atom. The monoisotopic (exact) mass is 429 g/mol. The van der Waals surface area contributed by atoms with E-state index >= 15 is 0 Å². The fourth-order valence-electron chi connectivity index (χ4n) is 5.73. The molecule has 0 radical (unpaired) electrons. The van der Waals surface area contributed by atoms with Crippen molar-refractivity contribution in [3.8, 4) is 0 Å². The topological polar surface area (TPSA) is 30.0 Å². The zero-order valence-electron chi connectivity index (χ0n) is 20.2. The van der Waals surface area contributed by atoms with Gasteiger partial charge in [-0.1, -0.05) is 70.0 Å². The minimum Gasteiger partial charge on any atom is -0.300 e. The van der Waals surface area contributed by atoms with Gasteiger partial charge in [0.15, 0.2) is 0 Å². The van der Waals surface area contributed by atoms with Gasteiger partial charge in [-0.15, -0.1) is 0 Å². The van der Waals surface area contributed by atoms with E-state index in [1.54, 1.807) is 0 Å². The number of benzene rings is 1. The van der Waals surface area contributed by atoms with Crippen LogP contribution < -0.4 is 0 Å². The summed E-state index contributed by atoms with van der Waals surface area (Å²) in [6, 6.07) is 10.8. The fraction of sp³-hybridized carbons (Fsp3) is 0.533. The maximum absolute atomic E-state index is 12.9. The highest BCUT2D eigenvalue weighted by Gasteiger charge is 2.25. The third-order valence-corrected chi connectivity index (χ3v) is 7.47. The summed E-state index contributed by atoms with van der Waals surface area (Å²) >= 11 is 0. The quantitative estimate of drug-likeness (QED) is 0.443. The molecule has 2 aliphatic rings. The smallest absolute Gasteiger partial charge is 0.133 e. The van der Waals surface area contributed by atoms with Gasteiger partial charge < -0.3 is 0 Å². The van der Waals surface area contributed by atoms with E-state index in [1.807, 2.05) is 6.20 Å². The molecule has 1 aromatic heterocycles. The van der Waals surface area contributed by atoms with Crippen molar-refractivity contribution in [1.82, 2.24) is 4.98 Å². The molecule has 2 heteroatoms. The van der Waals surface area contributed by atoms with Gasteiger partial charge >= 0.3 is 0 Å². The number of pyridine rings is 1. The van der Waals surface area contributed by atoms with Gasteiger partial charge in [0.25, 0.3) is 0 Å². The molecule has 1 aromatic carbocycles. The van der Waals surface area contributed by atoms with Crippen molar-refractivity contribution in [3.63, 3.8) is 0 Å². The van der Waals surface area contributed by atoms with Crippen molar-refractivity contribution in [2.24, 2.45) is 5.92 Å². The van der Waals surface area contributed by atoms with Crippen LogP contribution >= 0.6 is 0 Å². The van der Waals surface area contributed by atoms with Crippen LogP contribution in [0.15, 0.2) is 42.6 Å². The van der Waals surface area contributed by atoms with E-state index in [-0.39, 0.29) is 5.41 Å². The molecule has 2 nitrogen and oxygen atoms in total. The van der Waals surface area contributed by atoms with Gasteiger partial charge in [-0.3, -0.25) is 9.78 Å². The molecule has 0 N–H and O–H groups in total.